The van der Waals surface area contributed by atoms with Crippen LogP contribution in [0.3, 0.4) is 0 Å². The van der Waals surface area contributed by atoms with Gasteiger partial charge < -0.3 is 14.1 Å². The Bertz CT molecular complexity index is 773. The van der Waals surface area contributed by atoms with Crippen molar-refractivity contribution in [2.45, 2.75) is 13.5 Å². The van der Waals surface area contributed by atoms with E-state index in [4.69, 9.17) is 16.7 Å². The molecule has 0 aliphatic heterocycles. The molecule has 2 aromatic heterocycles. The Labute approximate surface area is 106 Å². The lowest BCUT2D eigenvalue weighted by molar-refractivity contribution is 0.386. The Morgan fingerprint density at radius 3 is 3.06 bits per heavy atom. The van der Waals surface area contributed by atoms with Crippen LogP contribution in [0.4, 0.5) is 4.39 Å². The van der Waals surface area contributed by atoms with E-state index >= 15 is 0 Å². The minimum Gasteiger partial charge on any atom is -0.340 e. The molecule has 1 aromatic carbocycles. The van der Waals surface area contributed by atoms with Crippen LogP contribution >= 0.6 is 12.2 Å². The van der Waals surface area contributed by atoms with Gasteiger partial charge in [-0.05, 0) is 24.4 Å². The van der Waals surface area contributed by atoms with Crippen LogP contribution in [0.2, 0.25) is 0 Å². The maximum atomic E-state index is 13.6. The van der Waals surface area contributed by atoms with Crippen LogP contribution in [0.5, 0.6) is 0 Å². The lowest BCUT2D eigenvalue weighted by Crippen LogP contribution is -2.01. The summed E-state index contributed by atoms with van der Waals surface area (Å²) in [6.07, 6.45) is 0. The molecule has 0 bridgehead atoms. The molecule has 0 saturated heterocycles. The summed E-state index contributed by atoms with van der Waals surface area (Å²) in [7, 11) is 0. The monoisotopic (exact) mass is 264 g/mol. The molecule has 0 spiro atoms. The molecule has 5 nitrogen and oxygen atoms in total. The Kier molecular flexibility index (Phi) is 2.48. The number of H-pyrrole nitrogens is 1. The van der Waals surface area contributed by atoms with Gasteiger partial charge in [-0.3, -0.25) is 0 Å². The van der Waals surface area contributed by atoms with Crippen molar-refractivity contribution in [1.82, 2.24) is 19.7 Å². The number of rotatable bonds is 2. The van der Waals surface area contributed by atoms with E-state index in [1.807, 2.05) is 0 Å². The van der Waals surface area contributed by atoms with E-state index in [-0.39, 0.29) is 5.82 Å². The highest BCUT2D eigenvalue weighted by atomic mass is 32.1. The van der Waals surface area contributed by atoms with Gasteiger partial charge in [0.1, 0.15) is 11.3 Å². The summed E-state index contributed by atoms with van der Waals surface area (Å²) < 4.78 is 20.6. The molecule has 0 unspecified atom stereocenters. The molecular formula is C11H9FN4OS. The third-order valence-corrected chi connectivity index (χ3v) is 2.95. The van der Waals surface area contributed by atoms with Crippen molar-refractivity contribution in [1.29, 1.82) is 0 Å². The fraction of sp³-hybridized carbons (Fsp3) is 0.182. The van der Waals surface area contributed by atoms with Crippen LogP contribution in [0.15, 0.2) is 22.7 Å². The summed E-state index contributed by atoms with van der Waals surface area (Å²) in [5, 5.41) is 3.80. The minimum atomic E-state index is -0.332. The number of hydrogen-bond donors (Lipinski definition) is 1. The van der Waals surface area contributed by atoms with Gasteiger partial charge in [-0.2, -0.15) is 4.98 Å². The summed E-state index contributed by atoms with van der Waals surface area (Å²) in [5.41, 5.74) is 1.07. The summed E-state index contributed by atoms with van der Waals surface area (Å²) in [6.45, 7) is 2.06. The van der Waals surface area contributed by atoms with Crippen molar-refractivity contribution >= 4 is 23.3 Å². The number of aryl methyl sites for hydroxylation is 1. The first-order chi connectivity index (χ1) is 8.65. The summed E-state index contributed by atoms with van der Waals surface area (Å²) in [6, 6.07) is 4.81. The molecule has 92 valence electrons. The van der Waals surface area contributed by atoms with Crippen molar-refractivity contribution in [2.24, 2.45) is 0 Å². The molecule has 0 atom stereocenters. The van der Waals surface area contributed by atoms with Gasteiger partial charge in [-0.1, -0.05) is 11.2 Å². The average molecular weight is 264 g/mol. The first kappa shape index (κ1) is 11.1. The van der Waals surface area contributed by atoms with Crippen LogP contribution < -0.4 is 0 Å². The van der Waals surface area contributed by atoms with E-state index in [9.17, 15) is 4.39 Å². The quantitative estimate of drug-likeness (QED) is 0.723. The molecule has 0 aliphatic carbocycles. The molecule has 2 heterocycles. The lowest BCUT2D eigenvalue weighted by Gasteiger charge is -1.99. The van der Waals surface area contributed by atoms with Gasteiger partial charge in [0.05, 0.1) is 12.1 Å². The average Bonchev–Trinajstić information content (AvgIpc) is 2.87. The molecular weight excluding hydrogens is 255 g/mol. The third-order valence-electron chi connectivity index (χ3n) is 2.63. The Balaban J connectivity index is 2.14. The number of nitrogens with zero attached hydrogens (tertiary/aromatic N) is 3. The number of hydrogen-bond acceptors (Lipinski definition) is 4. The van der Waals surface area contributed by atoms with Crippen LogP contribution in [0.1, 0.15) is 11.7 Å². The number of nitrogens with one attached hydrogen (secondary N) is 1. The normalized spacial score (nSPS) is 11.2. The Hall–Kier alpha value is -2.02. The molecule has 0 saturated carbocycles. The van der Waals surface area contributed by atoms with E-state index in [1.165, 1.54) is 6.07 Å². The van der Waals surface area contributed by atoms with Crippen molar-refractivity contribution in [3.63, 3.8) is 0 Å². The molecule has 0 aliphatic rings. The molecule has 18 heavy (non-hydrogen) atoms. The fourth-order valence-electron chi connectivity index (χ4n) is 1.85. The van der Waals surface area contributed by atoms with Crippen LogP contribution in [0, 0.1) is 17.5 Å². The number of aromatic nitrogens is 4. The van der Waals surface area contributed by atoms with E-state index < -0.39 is 0 Å². The fourth-order valence-corrected chi connectivity index (χ4v) is 2.11. The standard InChI is InChI=1S/C11H9FN4OS/c1-6-13-9(15-17-6)5-16-8-4-2-3-7(12)10(8)14-11(16)18/h2-4H,5H2,1H3,(H,14,18). The van der Waals surface area contributed by atoms with E-state index in [2.05, 4.69) is 15.1 Å². The second-order valence-corrected chi connectivity index (χ2v) is 4.27. The van der Waals surface area contributed by atoms with Crippen molar-refractivity contribution in [3.05, 3.63) is 40.5 Å². The van der Waals surface area contributed by atoms with Gasteiger partial charge >= 0.3 is 0 Å². The van der Waals surface area contributed by atoms with Crippen LogP contribution in [-0.2, 0) is 6.54 Å². The molecule has 1 N–H and O–H groups in total. The summed E-state index contributed by atoms with van der Waals surface area (Å²) in [4.78, 5) is 6.94. The number of fused-ring (bicyclic) bond motifs is 1. The van der Waals surface area contributed by atoms with Gasteiger partial charge in [-0.15, -0.1) is 0 Å². The number of benzene rings is 1. The predicted molar refractivity (Wildman–Crippen MR) is 65.2 cm³/mol. The highest BCUT2D eigenvalue weighted by molar-refractivity contribution is 7.71. The highest BCUT2D eigenvalue weighted by Gasteiger charge is 2.10. The number of imidazole rings is 1. The molecule has 0 fully saturated rings. The zero-order valence-electron chi connectivity index (χ0n) is 9.48. The first-order valence-corrected chi connectivity index (χ1v) is 5.72. The van der Waals surface area contributed by atoms with E-state index in [0.29, 0.717) is 34.1 Å². The number of aromatic amines is 1. The van der Waals surface area contributed by atoms with Crippen molar-refractivity contribution in [3.8, 4) is 0 Å². The maximum Gasteiger partial charge on any atom is 0.223 e. The van der Waals surface area contributed by atoms with Gasteiger partial charge in [0.15, 0.2) is 10.6 Å². The van der Waals surface area contributed by atoms with Crippen LogP contribution in [0.25, 0.3) is 11.0 Å². The SMILES string of the molecule is Cc1nc(Cn2c(=S)[nH]c3c(F)cccc32)no1. The molecule has 3 rings (SSSR count). The summed E-state index contributed by atoms with van der Waals surface area (Å²) in [5.74, 6) is 0.665. The lowest BCUT2D eigenvalue weighted by atomic mass is 10.3. The van der Waals surface area contributed by atoms with E-state index in [1.54, 1.807) is 23.6 Å². The number of para-hydroxylation sites is 1. The zero-order valence-corrected chi connectivity index (χ0v) is 10.3. The minimum absolute atomic E-state index is 0.332. The zero-order chi connectivity index (χ0) is 12.7. The van der Waals surface area contributed by atoms with Gasteiger partial charge in [-0.25, -0.2) is 4.39 Å². The second kappa shape index (κ2) is 4.02. The summed E-state index contributed by atoms with van der Waals surface area (Å²) >= 11 is 5.17. The first-order valence-electron chi connectivity index (χ1n) is 5.31. The van der Waals surface area contributed by atoms with Gasteiger partial charge in [0.25, 0.3) is 0 Å². The largest absolute Gasteiger partial charge is 0.340 e. The molecule has 0 amide bonds. The topological polar surface area (TPSA) is 59.6 Å². The third kappa shape index (κ3) is 1.72. The maximum absolute atomic E-state index is 13.6. The Morgan fingerprint density at radius 1 is 1.50 bits per heavy atom. The van der Waals surface area contributed by atoms with E-state index in [0.717, 1.165) is 0 Å². The highest BCUT2D eigenvalue weighted by Crippen LogP contribution is 2.18. The van der Waals surface area contributed by atoms with Gasteiger partial charge in [0.2, 0.25) is 5.89 Å². The smallest absolute Gasteiger partial charge is 0.223 e. The van der Waals surface area contributed by atoms with Crippen molar-refractivity contribution < 1.29 is 8.91 Å². The second-order valence-electron chi connectivity index (χ2n) is 3.88. The van der Waals surface area contributed by atoms with Crippen LogP contribution in [-0.4, -0.2) is 19.7 Å². The number of halogens is 1. The molecule has 7 heteroatoms. The Morgan fingerprint density at radius 2 is 2.33 bits per heavy atom. The predicted octanol–water partition coefficient (Wildman–Crippen LogP) is 2.58. The molecule has 3 aromatic rings. The molecule has 0 radical (unpaired) electrons. The van der Waals surface area contributed by atoms with Gasteiger partial charge in [0, 0.05) is 6.92 Å². The van der Waals surface area contributed by atoms with Crippen molar-refractivity contribution in [2.75, 3.05) is 0 Å².